The molecule has 21 heavy (non-hydrogen) atoms. The van der Waals surface area contributed by atoms with E-state index in [0.717, 1.165) is 31.0 Å². The van der Waals surface area contributed by atoms with Crippen LogP contribution in [0.15, 0.2) is 24.3 Å². The van der Waals surface area contributed by atoms with Crippen molar-refractivity contribution in [1.29, 1.82) is 0 Å². The summed E-state index contributed by atoms with van der Waals surface area (Å²) in [7, 11) is 0. The van der Waals surface area contributed by atoms with Gasteiger partial charge in [0.05, 0.1) is 15.6 Å². The van der Waals surface area contributed by atoms with Gasteiger partial charge < -0.3 is 11.1 Å². The Morgan fingerprint density at radius 3 is 2.81 bits per heavy atom. The first-order chi connectivity index (χ1) is 10.0. The Bertz CT molecular complexity index is 695. The number of thiophene rings is 1. The summed E-state index contributed by atoms with van der Waals surface area (Å²) in [4.78, 5) is 12.6. The van der Waals surface area contributed by atoms with Crippen LogP contribution in [0.5, 0.6) is 0 Å². The third kappa shape index (κ3) is 3.05. The minimum Gasteiger partial charge on any atom is -0.397 e. The van der Waals surface area contributed by atoms with Gasteiger partial charge in [-0.2, -0.15) is 0 Å². The van der Waals surface area contributed by atoms with E-state index in [1.807, 2.05) is 0 Å². The van der Waals surface area contributed by atoms with Crippen molar-refractivity contribution in [3.63, 3.8) is 0 Å². The van der Waals surface area contributed by atoms with E-state index in [9.17, 15) is 13.6 Å². The molecule has 2 aromatic rings. The average molecular weight is 308 g/mol. The van der Waals surface area contributed by atoms with Crippen molar-refractivity contribution in [2.24, 2.45) is 5.92 Å². The van der Waals surface area contributed by atoms with Gasteiger partial charge in [-0.15, -0.1) is 11.3 Å². The van der Waals surface area contributed by atoms with Crippen LogP contribution in [-0.2, 0) is 6.54 Å². The predicted molar refractivity (Wildman–Crippen MR) is 79.5 cm³/mol. The summed E-state index contributed by atoms with van der Waals surface area (Å²) in [6.07, 6.45) is 1.85. The molecule has 1 fully saturated rings. The van der Waals surface area contributed by atoms with Crippen LogP contribution in [0, 0.1) is 17.6 Å². The maximum Gasteiger partial charge on any atom is 0.178 e. The van der Waals surface area contributed by atoms with Gasteiger partial charge in [0.15, 0.2) is 5.78 Å². The third-order valence-corrected chi connectivity index (χ3v) is 4.52. The zero-order valence-electron chi connectivity index (χ0n) is 11.2. The predicted octanol–water partition coefficient (Wildman–Crippen LogP) is 3.81. The molecule has 1 aromatic carbocycles. The molecule has 110 valence electrons. The number of carbonyl (C=O) groups is 1. The number of benzene rings is 1. The van der Waals surface area contributed by atoms with E-state index >= 15 is 0 Å². The smallest absolute Gasteiger partial charge is 0.178 e. The number of ketones is 1. The number of halogens is 2. The second-order valence-electron chi connectivity index (χ2n) is 5.12. The van der Waals surface area contributed by atoms with Gasteiger partial charge in [0.1, 0.15) is 11.6 Å². The number of Topliss-reactive ketones (excluding diaryl/α,β-unsaturated/α-hetero) is 1. The second kappa shape index (κ2) is 5.44. The van der Waals surface area contributed by atoms with Gasteiger partial charge in [0.2, 0.25) is 0 Å². The summed E-state index contributed by atoms with van der Waals surface area (Å²) < 4.78 is 26.6. The molecule has 0 spiro atoms. The molecule has 0 aliphatic heterocycles. The molecule has 1 saturated carbocycles. The Kier molecular flexibility index (Phi) is 3.63. The van der Waals surface area contributed by atoms with Gasteiger partial charge in [-0.3, -0.25) is 4.79 Å². The maximum absolute atomic E-state index is 13.5. The molecule has 0 saturated heterocycles. The molecule has 1 aliphatic carbocycles. The summed E-state index contributed by atoms with van der Waals surface area (Å²) in [6, 6.07) is 4.98. The topological polar surface area (TPSA) is 55.1 Å². The molecular weight excluding hydrogens is 294 g/mol. The minimum atomic E-state index is -0.483. The molecule has 3 N–H and O–H groups in total. The summed E-state index contributed by atoms with van der Waals surface area (Å²) in [6.45, 7) is 0.139. The third-order valence-electron chi connectivity index (χ3n) is 3.39. The van der Waals surface area contributed by atoms with Gasteiger partial charge in [-0.25, -0.2) is 8.78 Å². The van der Waals surface area contributed by atoms with E-state index in [-0.39, 0.29) is 23.8 Å². The van der Waals surface area contributed by atoms with Crippen LogP contribution in [0.25, 0.3) is 0 Å². The highest BCUT2D eigenvalue weighted by molar-refractivity contribution is 7.18. The number of hydrogen-bond donors (Lipinski definition) is 2. The number of nitrogen functional groups attached to an aromatic ring is 1. The highest BCUT2D eigenvalue weighted by Crippen LogP contribution is 2.38. The largest absolute Gasteiger partial charge is 0.397 e. The number of carbonyl (C=O) groups excluding carboxylic acids is 1. The monoisotopic (exact) mass is 308 g/mol. The molecule has 3 rings (SSSR count). The van der Waals surface area contributed by atoms with Crippen LogP contribution < -0.4 is 11.1 Å². The molecule has 1 aromatic heterocycles. The molecule has 0 amide bonds. The van der Waals surface area contributed by atoms with E-state index in [1.165, 1.54) is 11.3 Å². The van der Waals surface area contributed by atoms with Crippen LogP contribution in [-0.4, -0.2) is 5.78 Å². The van der Waals surface area contributed by atoms with E-state index in [4.69, 9.17) is 5.73 Å². The molecule has 1 aliphatic rings. The van der Waals surface area contributed by atoms with Crippen molar-refractivity contribution in [2.45, 2.75) is 19.4 Å². The molecule has 6 heteroatoms. The number of rotatable bonds is 5. The highest BCUT2D eigenvalue weighted by atomic mass is 32.1. The normalized spacial score (nSPS) is 14.2. The number of hydrogen-bond acceptors (Lipinski definition) is 4. The SMILES string of the molecule is Nc1cc(NCc2cc(F)ccc2F)sc1C(=O)C1CC1. The van der Waals surface area contributed by atoms with Crippen LogP contribution >= 0.6 is 11.3 Å². The van der Waals surface area contributed by atoms with Crippen LogP contribution in [0.2, 0.25) is 0 Å². The van der Waals surface area contributed by atoms with Gasteiger partial charge in [0.25, 0.3) is 0 Å². The first kappa shape index (κ1) is 14.0. The van der Waals surface area contributed by atoms with Crippen molar-refractivity contribution in [2.75, 3.05) is 11.1 Å². The highest BCUT2D eigenvalue weighted by Gasteiger charge is 2.32. The van der Waals surface area contributed by atoms with E-state index in [1.54, 1.807) is 6.07 Å². The van der Waals surface area contributed by atoms with Gasteiger partial charge >= 0.3 is 0 Å². The van der Waals surface area contributed by atoms with Gasteiger partial charge in [-0.05, 0) is 37.1 Å². The molecule has 0 unspecified atom stereocenters. The average Bonchev–Trinajstić information content (AvgIpc) is 3.23. The Balaban J connectivity index is 1.72. The van der Waals surface area contributed by atoms with Crippen LogP contribution in [0.4, 0.5) is 19.5 Å². The Morgan fingerprint density at radius 1 is 1.33 bits per heavy atom. The second-order valence-corrected chi connectivity index (χ2v) is 6.18. The summed E-state index contributed by atoms with van der Waals surface area (Å²) in [5.74, 6) is -0.756. The van der Waals surface area contributed by atoms with Crippen molar-refractivity contribution in [3.8, 4) is 0 Å². The van der Waals surface area contributed by atoms with Crippen molar-refractivity contribution >= 4 is 27.8 Å². The molecule has 1 heterocycles. The lowest BCUT2D eigenvalue weighted by Gasteiger charge is -2.05. The summed E-state index contributed by atoms with van der Waals surface area (Å²) in [5, 5.41) is 3.66. The van der Waals surface area contributed by atoms with E-state index in [2.05, 4.69) is 5.32 Å². The minimum absolute atomic E-state index is 0.0856. The Morgan fingerprint density at radius 2 is 2.10 bits per heavy atom. The number of nitrogens with two attached hydrogens (primary N) is 1. The fourth-order valence-electron chi connectivity index (χ4n) is 2.08. The first-order valence-electron chi connectivity index (χ1n) is 6.66. The lowest BCUT2D eigenvalue weighted by molar-refractivity contribution is 0.0972. The summed E-state index contributed by atoms with van der Waals surface area (Å²) in [5.41, 5.74) is 6.52. The van der Waals surface area contributed by atoms with Crippen LogP contribution in [0.1, 0.15) is 28.1 Å². The first-order valence-corrected chi connectivity index (χ1v) is 7.47. The summed E-state index contributed by atoms with van der Waals surface area (Å²) >= 11 is 1.26. The zero-order valence-corrected chi connectivity index (χ0v) is 12.0. The molecule has 0 bridgehead atoms. The van der Waals surface area contributed by atoms with E-state index in [0.29, 0.717) is 15.6 Å². The quantitative estimate of drug-likeness (QED) is 0.826. The van der Waals surface area contributed by atoms with Crippen molar-refractivity contribution < 1.29 is 13.6 Å². The lowest BCUT2D eigenvalue weighted by atomic mass is 10.2. The fraction of sp³-hybridized carbons (Fsp3) is 0.267. The standard InChI is InChI=1S/C15H14F2N2OS/c16-10-3-4-11(17)9(5-10)7-19-13-6-12(18)15(21-13)14(20)8-1-2-8/h3-6,8,19H,1-2,7,18H2. The Labute approximate surface area is 124 Å². The lowest BCUT2D eigenvalue weighted by Crippen LogP contribution is -2.01. The fourth-order valence-corrected chi connectivity index (χ4v) is 3.07. The van der Waals surface area contributed by atoms with Gasteiger partial charge in [0, 0.05) is 18.0 Å². The van der Waals surface area contributed by atoms with Crippen molar-refractivity contribution in [1.82, 2.24) is 0 Å². The molecule has 0 atom stereocenters. The maximum atomic E-state index is 13.5. The van der Waals surface area contributed by atoms with E-state index < -0.39 is 11.6 Å². The number of nitrogens with one attached hydrogen (secondary N) is 1. The molecule has 0 radical (unpaired) electrons. The molecular formula is C15H14F2N2OS. The number of anilines is 2. The Hall–Kier alpha value is -1.95. The van der Waals surface area contributed by atoms with Gasteiger partial charge in [-0.1, -0.05) is 0 Å². The molecule has 3 nitrogen and oxygen atoms in total. The van der Waals surface area contributed by atoms with Crippen LogP contribution in [0.3, 0.4) is 0 Å². The van der Waals surface area contributed by atoms with Crippen molar-refractivity contribution in [3.05, 3.63) is 46.3 Å². The zero-order chi connectivity index (χ0) is 15.0.